The average Bonchev–Trinajstić information content (AvgIpc) is 2.67. The van der Waals surface area contributed by atoms with E-state index in [0.717, 1.165) is 0 Å². The van der Waals surface area contributed by atoms with Crippen molar-refractivity contribution in [3.63, 3.8) is 0 Å². The molecule has 1 amide bonds. The van der Waals surface area contributed by atoms with Crippen molar-refractivity contribution in [1.82, 2.24) is 0 Å². The maximum absolute atomic E-state index is 13.1. The Labute approximate surface area is 120 Å². The molecule has 0 bridgehead atoms. The first-order chi connectivity index (χ1) is 9.50. The zero-order valence-corrected chi connectivity index (χ0v) is 11.1. The predicted molar refractivity (Wildman–Crippen MR) is 74.1 cm³/mol. The van der Waals surface area contributed by atoms with Crippen LogP contribution in [0.1, 0.15) is 11.1 Å². The van der Waals surface area contributed by atoms with Crippen molar-refractivity contribution >= 4 is 23.2 Å². The lowest BCUT2D eigenvalue weighted by Crippen LogP contribution is -2.36. The van der Waals surface area contributed by atoms with Crippen molar-refractivity contribution in [2.24, 2.45) is 0 Å². The Balaban J connectivity index is 2.00. The minimum Gasteiger partial charge on any atom is -0.375 e. The third kappa shape index (κ3) is 1.97. The van der Waals surface area contributed by atoms with Crippen molar-refractivity contribution in [2.75, 3.05) is 5.32 Å². The minimum absolute atomic E-state index is 0.0298. The fourth-order valence-electron chi connectivity index (χ4n) is 2.42. The van der Waals surface area contributed by atoms with Gasteiger partial charge in [-0.25, -0.2) is 4.39 Å². The number of carbonyl (C=O) groups is 1. The van der Waals surface area contributed by atoms with Gasteiger partial charge < -0.3 is 10.4 Å². The Bertz CT molecular complexity index is 704. The Morgan fingerprint density at radius 3 is 2.75 bits per heavy atom. The second-order valence-electron chi connectivity index (χ2n) is 4.79. The van der Waals surface area contributed by atoms with Gasteiger partial charge >= 0.3 is 0 Å². The van der Waals surface area contributed by atoms with Crippen molar-refractivity contribution in [2.45, 2.75) is 12.0 Å². The van der Waals surface area contributed by atoms with Gasteiger partial charge in [-0.1, -0.05) is 35.9 Å². The molecule has 2 aromatic rings. The highest BCUT2D eigenvalue weighted by molar-refractivity contribution is 6.30. The lowest BCUT2D eigenvalue weighted by atomic mass is 9.88. The quantitative estimate of drug-likeness (QED) is 0.894. The van der Waals surface area contributed by atoms with Gasteiger partial charge in [-0.05, 0) is 23.8 Å². The number of benzene rings is 2. The van der Waals surface area contributed by atoms with E-state index in [0.29, 0.717) is 16.8 Å². The molecule has 1 atom stereocenters. The second-order valence-corrected chi connectivity index (χ2v) is 5.19. The molecule has 102 valence electrons. The lowest BCUT2D eigenvalue weighted by Gasteiger charge is -2.21. The number of hydrogen-bond acceptors (Lipinski definition) is 2. The Morgan fingerprint density at radius 2 is 2.00 bits per heavy atom. The largest absolute Gasteiger partial charge is 0.375 e. The fraction of sp³-hybridized carbons (Fsp3) is 0.133. The summed E-state index contributed by atoms with van der Waals surface area (Å²) in [4.78, 5) is 12.0. The maximum atomic E-state index is 13.1. The van der Waals surface area contributed by atoms with Crippen molar-refractivity contribution in [1.29, 1.82) is 0 Å². The summed E-state index contributed by atoms with van der Waals surface area (Å²) in [5.41, 5.74) is 0.0435. The molecule has 1 unspecified atom stereocenters. The molecule has 3 rings (SSSR count). The highest BCUT2D eigenvalue weighted by Crippen LogP contribution is 2.38. The minimum atomic E-state index is -1.66. The monoisotopic (exact) mass is 291 g/mol. The zero-order valence-electron chi connectivity index (χ0n) is 10.4. The van der Waals surface area contributed by atoms with Gasteiger partial charge in [-0.2, -0.15) is 0 Å². The van der Waals surface area contributed by atoms with Crippen LogP contribution in [0.15, 0.2) is 42.5 Å². The van der Waals surface area contributed by atoms with Crippen molar-refractivity contribution in [3.8, 4) is 0 Å². The SMILES string of the molecule is O=C1Nc2ccccc2C1(O)Cc1ccc(F)c(Cl)c1. The van der Waals surface area contributed by atoms with Gasteiger partial charge in [0.15, 0.2) is 5.60 Å². The van der Waals surface area contributed by atoms with E-state index in [-0.39, 0.29) is 11.4 Å². The normalized spacial score (nSPS) is 20.6. The van der Waals surface area contributed by atoms with E-state index in [4.69, 9.17) is 11.6 Å². The molecule has 0 aliphatic carbocycles. The Kier molecular flexibility index (Phi) is 3.00. The first-order valence-corrected chi connectivity index (χ1v) is 6.46. The summed E-state index contributed by atoms with van der Waals surface area (Å²) in [7, 11) is 0. The summed E-state index contributed by atoms with van der Waals surface area (Å²) in [5.74, 6) is -1.02. The summed E-state index contributed by atoms with van der Waals surface area (Å²) < 4.78 is 13.1. The van der Waals surface area contributed by atoms with Crippen LogP contribution in [-0.2, 0) is 16.8 Å². The molecule has 1 aliphatic rings. The van der Waals surface area contributed by atoms with Gasteiger partial charge in [0.2, 0.25) is 0 Å². The van der Waals surface area contributed by atoms with Crippen molar-refractivity contribution < 1.29 is 14.3 Å². The molecule has 0 saturated carbocycles. The van der Waals surface area contributed by atoms with Crippen LogP contribution in [0.25, 0.3) is 0 Å². The third-order valence-corrected chi connectivity index (χ3v) is 3.73. The molecule has 1 heterocycles. The summed E-state index contributed by atoms with van der Waals surface area (Å²) in [6.45, 7) is 0. The van der Waals surface area contributed by atoms with Crippen LogP contribution < -0.4 is 5.32 Å². The molecule has 0 saturated heterocycles. The first-order valence-electron chi connectivity index (χ1n) is 6.08. The molecular formula is C15H11ClFNO2. The summed E-state index contributed by atoms with van der Waals surface area (Å²) in [6, 6.07) is 11.1. The number of anilines is 1. The van der Waals surface area contributed by atoms with Gasteiger partial charge in [0.1, 0.15) is 5.82 Å². The van der Waals surface area contributed by atoms with Crippen LogP contribution in [0.3, 0.4) is 0 Å². The van der Waals surface area contributed by atoms with Gasteiger partial charge in [0.05, 0.1) is 5.02 Å². The number of hydrogen-bond donors (Lipinski definition) is 2. The first kappa shape index (κ1) is 13.1. The number of carbonyl (C=O) groups excluding carboxylic acids is 1. The topological polar surface area (TPSA) is 49.3 Å². The molecule has 1 aliphatic heterocycles. The molecule has 2 N–H and O–H groups in total. The van der Waals surface area contributed by atoms with E-state index in [1.54, 1.807) is 24.3 Å². The van der Waals surface area contributed by atoms with Crippen LogP contribution in [-0.4, -0.2) is 11.0 Å². The van der Waals surface area contributed by atoms with Gasteiger partial charge in [0.25, 0.3) is 5.91 Å². The number of fused-ring (bicyclic) bond motifs is 1. The zero-order chi connectivity index (χ0) is 14.3. The molecule has 3 nitrogen and oxygen atoms in total. The number of halogens is 2. The number of amides is 1. The van der Waals surface area contributed by atoms with E-state index in [2.05, 4.69) is 5.32 Å². The molecule has 0 radical (unpaired) electrons. The average molecular weight is 292 g/mol. The second kappa shape index (κ2) is 4.58. The summed E-state index contributed by atoms with van der Waals surface area (Å²) in [6.07, 6.45) is 0.0375. The number of rotatable bonds is 2. The van der Waals surface area contributed by atoms with E-state index in [1.165, 1.54) is 18.2 Å². The number of para-hydroxylation sites is 1. The highest BCUT2D eigenvalue weighted by atomic mass is 35.5. The fourth-order valence-corrected chi connectivity index (χ4v) is 2.62. The smallest absolute Gasteiger partial charge is 0.261 e. The molecule has 20 heavy (non-hydrogen) atoms. The highest BCUT2D eigenvalue weighted by Gasteiger charge is 2.44. The molecule has 0 fully saturated rings. The van der Waals surface area contributed by atoms with Gasteiger partial charge in [-0.3, -0.25) is 4.79 Å². The van der Waals surface area contributed by atoms with Crippen LogP contribution in [0.5, 0.6) is 0 Å². The molecule has 0 aromatic heterocycles. The van der Waals surface area contributed by atoms with Crippen molar-refractivity contribution in [3.05, 3.63) is 64.4 Å². The summed E-state index contributed by atoms with van der Waals surface area (Å²) >= 11 is 5.72. The van der Waals surface area contributed by atoms with Crippen LogP contribution >= 0.6 is 11.6 Å². The van der Waals surface area contributed by atoms with Crippen LogP contribution in [0.2, 0.25) is 5.02 Å². The van der Waals surface area contributed by atoms with Gasteiger partial charge in [0, 0.05) is 17.7 Å². The number of aliphatic hydroxyl groups is 1. The van der Waals surface area contributed by atoms with Gasteiger partial charge in [-0.15, -0.1) is 0 Å². The van der Waals surface area contributed by atoms with E-state index < -0.39 is 17.3 Å². The standard InChI is InChI=1S/C15H11ClFNO2/c16-11-7-9(5-6-12(11)17)8-15(20)10-3-1-2-4-13(10)18-14(15)19/h1-7,20H,8H2,(H,18,19). The predicted octanol–water partition coefficient (Wildman–Crippen LogP) is 2.86. The van der Waals surface area contributed by atoms with Crippen LogP contribution in [0, 0.1) is 5.82 Å². The summed E-state index contributed by atoms with van der Waals surface area (Å²) in [5, 5.41) is 13.3. The Morgan fingerprint density at radius 1 is 1.25 bits per heavy atom. The van der Waals surface area contributed by atoms with E-state index >= 15 is 0 Å². The Hall–Kier alpha value is -1.91. The van der Waals surface area contributed by atoms with Crippen LogP contribution in [0.4, 0.5) is 10.1 Å². The number of nitrogens with one attached hydrogen (secondary N) is 1. The molecule has 2 aromatic carbocycles. The molecule has 0 spiro atoms. The van der Waals surface area contributed by atoms with E-state index in [1.807, 2.05) is 0 Å². The van der Waals surface area contributed by atoms with E-state index in [9.17, 15) is 14.3 Å². The third-order valence-electron chi connectivity index (χ3n) is 3.44. The molecule has 5 heteroatoms. The molecular weight excluding hydrogens is 281 g/mol. The lowest BCUT2D eigenvalue weighted by molar-refractivity contribution is -0.133. The maximum Gasteiger partial charge on any atom is 0.261 e.